The molecule has 1 unspecified atom stereocenters. The summed E-state index contributed by atoms with van der Waals surface area (Å²) in [5.74, 6) is 0. The average Bonchev–Trinajstić information content (AvgIpc) is 2.56. The second-order valence-electron chi connectivity index (χ2n) is 5.59. The van der Waals surface area contributed by atoms with Gasteiger partial charge in [0.05, 0.1) is 6.04 Å². The van der Waals surface area contributed by atoms with Crippen molar-refractivity contribution in [2.24, 2.45) is 0 Å². The molecule has 0 radical (unpaired) electrons. The lowest BCUT2D eigenvalue weighted by atomic mass is 10.0. The van der Waals surface area contributed by atoms with Gasteiger partial charge in [0.2, 0.25) is 0 Å². The number of carbonyl (C=O) groups is 1. The van der Waals surface area contributed by atoms with Crippen molar-refractivity contribution < 1.29 is 4.79 Å². The molecule has 108 valence electrons. The maximum absolute atomic E-state index is 10.8. The van der Waals surface area contributed by atoms with E-state index in [1.165, 1.54) is 11.3 Å². The van der Waals surface area contributed by atoms with Crippen LogP contribution in [0.15, 0.2) is 54.6 Å². The molecule has 0 bridgehead atoms. The van der Waals surface area contributed by atoms with E-state index in [0.29, 0.717) is 6.04 Å². The molecule has 1 heterocycles. The van der Waals surface area contributed by atoms with Gasteiger partial charge >= 0.3 is 0 Å². The fourth-order valence-corrected chi connectivity index (χ4v) is 2.93. The second-order valence-corrected chi connectivity index (χ2v) is 5.59. The number of carbonyl (C=O) groups excluding carboxylic acids is 1. The Hall–Kier alpha value is -2.13. The van der Waals surface area contributed by atoms with E-state index in [-0.39, 0.29) is 0 Å². The number of hydrogen-bond donors (Lipinski definition) is 0. The minimum absolute atomic E-state index is 0.354. The Morgan fingerprint density at radius 2 is 1.71 bits per heavy atom. The van der Waals surface area contributed by atoms with E-state index in [4.69, 9.17) is 0 Å². The third kappa shape index (κ3) is 2.98. The lowest BCUT2D eigenvalue weighted by Gasteiger charge is -2.42. The SMILES string of the molecule is CN1CCN(c2ccc(C=O)cc2)C(c2ccccc2)C1. The van der Waals surface area contributed by atoms with Crippen LogP contribution in [0.4, 0.5) is 5.69 Å². The first-order valence-electron chi connectivity index (χ1n) is 7.33. The number of aldehydes is 1. The first-order valence-corrected chi connectivity index (χ1v) is 7.33. The van der Waals surface area contributed by atoms with E-state index < -0.39 is 0 Å². The molecule has 3 nitrogen and oxygen atoms in total. The number of piperazine rings is 1. The number of hydrogen-bond acceptors (Lipinski definition) is 3. The molecule has 1 atom stereocenters. The van der Waals surface area contributed by atoms with Crippen LogP contribution in [0.5, 0.6) is 0 Å². The zero-order chi connectivity index (χ0) is 14.7. The Bertz CT molecular complexity index is 594. The number of nitrogens with zero attached hydrogens (tertiary/aromatic N) is 2. The first kappa shape index (κ1) is 13.8. The summed E-state index contributed by atoms with van der Waals surface area (Å²) in [5.41, 5.74) is 3.25. The number of benzene rings is 2. The summed E-state index contributed by atoms with van der Waals surface area (Å²) in [4.78, 5) is 15.6. The van der Waals surface area contributed by atoms with Crippen LogP contribution in [-0.4, -0.2) is 37.9 Å². The van der Waals surface area contributed by atoms with Gasteiger partial charge in [0.15, 0.2) is 0 Å². The molecule has 1 saturated heterocycles. The van der Waals surface area contributed by atoms with Gasteiger partial charge in [-0.1, -0.05) is 30.3 Å². The summed E-state index contributed by atoms with van der Waals surface area (Å²) in [6.45, 7) is 3.06. The van der Waals surface area contributed by atoms with Crippen LogP contribution in [0.1, 0.15) is 22.0 Å². The molecular formula is C18H20N2O. The molecule has 3 heteroatoms. The third-order valence-electron chi connectivity index (χ3n) is 4.13. The summed E-state index contributed by atoms with van der Waals surface area (Å²) >= 11 is 0. The summed E-state index contributed by atoms with van der Waals surface area (Å²) in [6, 6.07) is 18.9. The maximum atomic E-state index is 10.8. The standard InChI is InChI=1S/C18H20N2O/c1-19-11-12-20(17-9-7-15(14-21)8-10-17)18(13-19)16-5-3-2-4-6-16/h2-10,14,18H,11-13H2,1H3. The van der Waals surface area contributed by atoms with Gasteiger partial charge in [-0.15, -0.1) is 0 Å². The summed E-state index contributed by atoms with van der Waals surface area (Å²) in [5, 5.41) is 0. The Labute approximate surface area is 125 Å². The highest BCUT2D eigenvalue weighted by molar-refractivity contribution is 5.75. The molecule has 0 aromatic heterocycles. The molecule has 0 spiro atoms. The van der Waals surface area contributed by atoms with E-state index in [2.05, 4.69) is 47.2 Å². The molecule has 1 fully saturated rings. The van der Waals surface area contributed by atoms with E-state index >= 15 is 0 Å². The smallest absolute Gasteiger partial charge is 0.150 e. The predicted octanol–water partition coefficient (Wildman–Crippen LogP) is 2.99. The molecule has 21 heavy (non-hydrogen) atoms. The summed E-state index contributed by atoms with van der Waals surface area (Å²) in [6.07, 6.45) is 0.891. The van der Waals surface area contributed by atoms with E-state index in [1.807, 2.05) is 24.3 Å². The van der Waals surface area contributed by atoms with Gasteiger partial charge in [-0.05, 0) is 36.9 Å². The van der Waals surface area contributed by atoms with Gasteiger partial charge in [-0.2, -0.15) is 0 Å². The molecule has 0 amide bonds. The van der Waals surface area contributed by atoms with Crippen LogP contribution in [0, 0.1) is 0 Å². The monoisotopic (exact) mass is 280 g/mol. The van der Waals surface area contributed by atoms with Crippen molar-refractivity contribution in [3.8, 4) is 0 Å². The number of likely N-dealkylation sites (N-methyl/N-ethyl adjacent to an activating group) is 1. The van der Waals surface area contributed by atoms with Crippen LogP contribution < -0.4 is 4.90 Å². The average molecular weight is 280 g/mol. The van der Waals surface area contributed by atoms with Gasteiger partial charge in [0, 0.05) is 30.9 Å². The van der Waals surface area contributed by atoms with Crippen molar-refractivity contribution in [1.82, 2.24) is 4.90 Å². The highest BCUT2D eigenvalue weighted by Gasteiger charge is 2.26. The first-order chi connectivity index (χ1) is 10.3. The van der Waals surface area contributed by atoms with Gasteiger partial charge in [-0.25, -0.2) is 0 Å². The van der Waals surface area contributed by atoms with Crippen molar-refractivity contribution in [2.45, 2.75) is 6.04 Å². The molecule has 0 aliphatic carbocycles. The Morgan fingerprint density at radius 3 is 2.38 bits per heavy atom. The van der Waals surface area contributed by atoms with Crippen LogP contribution in [-0.2, 0) is 0 Å². The van der Waals surface area contributed by atoms with Gasteiger partial charge in [-0.3, -0.25) is 4.79 Å². The van der Waals surface area contributed by atoms with Crippen LogP contribution in [0.3, 0.4) is 0 Å². The van der Waals surface area contributed by atoms with Gasteiger partial charge < -0.3 is 9.80 Å². The normalized spacial score (nSPS) is 19.5. The summed E-state index contributed by atoms with van der Waals surface area (Å²) < 4.78 is 0. The Balaban J connectivity index is 1.91. The minimum Gasteiger partial charge on any atom is -0.362 e. The molecule has 2 aromatic rings. The van der Waals surface area contributed by atoms with Gasteiger partial charge in [0.25, 0.3) is 0 Å². The Morgan fingerprint density at radius 1 is 1.00 bits per heavy atom. The topological polar surface area (TPSA) is 23.6 Å². The van der Waals surface area contributed by atoms with E-state index in [9.17, 15) is 4.79 Å². The van der Waals surface area contributed by atoms with Crippen LogP contribution in [0.25, 0.3) is 0 Å². The molecular weight excluding hydrogens is 260 g/mol. The molecule has 3 rings (SSSR count). The van der Waals surface area contributed by atoms with Crippen LogP contribution >= 0.6 is 0 Å². The number of anilines is 1. The highest BCUT2D eigenvalue weighted by atomic mass is 16.1. The van der Waals surface area contributed by atoms with Crippen molar-refractivity contribution >= 4 is 12.0 Å². The molecule has 0 saturated carbocycles. The van der Waals surface area contributed by atoms with Crippen LogP contribution in [0.2, 0.25) is 0 Å². The zero-order valence-corrected chi connectivity index (χ0v) is 12.3. The largest absolute Gasteiger partial charge is 0.362 e. The zero-order valence-electron chi connectivity index (χ0n) is 12.3. The molecule has 2 aromatic carbocycles. The fourth-order valence-electron chi connectivity index (χ4n) is 2.93. The molecule has 1 aliphatic rings. The second kappa shape index (κ2) is 6.10. The quantitative estimate of drug-likeness (QED) is 0.808. The van der Waals surface area contributed by atoms with Gasteiger partial charge in [0.1, 0.15) is 6.29 Å². The highest BCUT2D eigenvalue weighted by Crippen LogP contribution is 2.30. The molecule has 0 N–H and O–H groups in total. The van der Waals surface area contributed by atoms with Crippen molar-refractivity contribution in [2.75, 3.05) is 31.6 Å². The van der Waals surface area contributed by atoms with E-state index in [1.54, 1.807) is 0 Å². The fraction of sp³-hybridized carbons (Fsp3) is 0.278. The maximum Gasteiger partial charge on any atom is 0.150 e. The predicted molar refractivity (Wildman–Crippen MR) is 85.9 cm³/mol. The van der Waals surface area contributed by atoms with E-state index in [0.717, 1.165) is 31.5 Å². The molecule has 1 aliphatic heterocycles. The third-order valence-corrected chi connectivity index (χ3v) is 4.13. The summed E-state index contributed by atoms with van der Waals surface area (Å²) in [7, 11) is 2.17. The lowest BCUT2D eigenvalue weighted by Crippen LogP contribution is -2.46. The minimum atomic E-state index is 0.354. The van der Waals surface area contributed by atoms with Crippen molar-refractivity contribution in [3.63, 3.8) is 0 Å². The Kier molecular flexibility index (Phi) is 4.02. The van der Waals surface area contributed by atoms with Crippen molar-refractivity contribution in [3.05, 3.63) is 65.7 Å². The lowest BCUT2D eigenvalue weighted by molar-refractivity contribution is 0.112. The van der Waals surface area contributed by atoms with Crippen molar-refractivity contribution in [1.29, 1.82) is 0 Å². The number of rotatable bonds is 3.